The molecular weight excluding hydrogens is 699 g/mol. The van der Waals surface area contributed by atoms with E-state index in [1.165, 1.54) is 0 Å². The smallest absolute Gasteiger partial charge is 0.0612 e. The molecule has 8 nitrogen and oxygen atoms in total. The van der Waals surface area contributed by atoms with Crippen LogP contribution in [0.25, 0.3) is 22.3 Å². The maximum atomic E-state index is 12.5. The Hall–Kier alpha value is -4.38. The first-order valence-electron chi connectivity index (χ1n) is 14.8. The van der Waals surface area contributed by atoms with Crippen molar-refractivity contribution in [2.45, 2.75) is 47.5 Å². The summed E-state index contributed by atoms with van der Waals surface area (Å²) in [5.74, 6) is 0.446. The third-order valence-corrected chi connectivity index (χ3v) is 8.01. The number of ether oxygens (including phenoxy) is 4. The molecule has 0 heterocycles. The molecule has 0 saturated carbocycles. The van der Waals surface area contributed by atoms with Gasteiger partial charge in [0.15, 0.2) is 0 Å². The van der Waals surface area contributed by atoms with Gasteiger partial charge in [0.2, 0.25) is 0 Å². The van der Waals surface area contributed by atoms with E-state index in [1.807, 2.05) is 62.4 Å². The van der Waals surface area contributed by atoms with Crippen molar-refractivity contribution in [2.24, 2.45) is 0 Å². The molecule has 46 heavy (non-hydrogen) atoms. The number of halogens is 1. The molecule has 0 spiro atoms. The third kappa shape index (κ3) is 10.3. The molecule has 3 aromatic carbocycles. The first-order valence-corrected chi connectivity index (χ1v) is 17.2. The van der Waals surface area contributed by atoms with Crippen molar-refractivity contribution in [1.29, 1.82) is 0 Å². The average molecular weight is 740 g/mol. The van der Waals surface area contributed by atoms with Crippen molar-refractivity contribution >= 4 is 17.9 Å². The summed E-state index contributed by atoms with van der Waals surface area (Å²) in [7, 11) is 0. The van der Waals surface area contributed by atoms with E-state index >= 15 is 0 Å². The van der Waals surface area contributed by atoms with E-state index in [2.05, 4.69) is 25.8 Å². The summed E-state index contributed by atoms with van der Waals surface area (Å²) in [6.07, 6.45) is 1.44. The number of hydrogen-bond acceptors (Lipinski definition) is 8. The molecule has 0 aromatic heterocycles. The van der Waals surface area contributed by atoms with E-state index in [-0.39, 0.29) is 17.8 Å². The Bertz CT molecular complexity index is 1530. The molecule has 0 saturated heterocycles. The summed E-state index contributed by atoms with van der Waals surface area (Å²) >= 11 is -0.864. The number of carbonyl (C=O) groups is 3. The van der Waals surface area contributed by atoms with Gasteiger partial charge in [0.1, 0.15) is 13.2 Å². The summed E-state index contributed by atoms with van der Waals surface area (Å²) in [5, 5.41) is 0. The fraction of sp³-hybridized carbons (Fsp3) is 0.270. The Morgan fingerprint density at radius 2 is 1.15 bits per heavy atom. The van der Waals surface area contributed by atoms with Crippen LogP contribution in [0.3, 0.4) is 0 Å². The maximum absolute atomic E-state index is 12.5. The Balaban J connectivity index is 1.91. The van der Waals surface area contributed by atoms with Gasteiger partial charge in [-0.05, 0) is 6.92 Å². The minimum absolute atomic E-state index is 0.115. The fourth-order valence-electron chi connectivity index (χ4n) is 4.16. The van der Waals surface area contributed by atoms with Gasteiger partial charge >= 0.3 is 229 Å². The van der Waals surface area contributed by atoms with Gasteiger partial charge in [0, 0.05) is 5.57 Å². The minimum Gasteiger partial charge on any atom is -0.0612 e. The second-order valence-corrected chi connectivity index (χ2v) is 12.2. The molecule has 0 bridgehead atoms. The Morgan fingerprint density at radius 1 is 0.630 bits per heavy atom. The molecule has 0 atom stereocenters. The van der Waals surface area contributed by atoms with Crippen molar-refractivity contribution < 1.29 is 58.0 Å². The topological polar surface area (TPSA) is 97.4 Å². The van der Waals surface area contributed by atoms with Crippen molar-refractivity contribution in [2.75, 3.05) is 17.8 Å². The molecule has 244 valence electrons. The number of aryl methyl sites for hydroxylation is 2. The van der Waals surface area contributed by atoms with Crippen LogP contribution in [-0.2, 0) is 36.7 Å². The van der Waals surface area contributed by atoms with Crippen LogP contribution < -0.4 is 34.2 Å². The first-order chi connectivity index (χ1) is 21.9. The Morgan fingerprint density at radius 3 is 1.70 bits per heavy atom. The van der Waals surface area contributed by atoms with Crippen LogP contribution in [0.2, 0.25) is 0 Å². The van der Waals surface area contributed by atoms with Crippen LogP contribution in [0, 0.1) is 0 Å². The third-order valence-electron chi connectivity index (χ3n) is 6.65. The number of rotatable bonds is 16. The number of carbonyl (C=O) groups excluding carboxylic acids is 3. The molecule has 0 radical (unpaired) electrons. The van der Waals surface area contributed by atoms with Crippen LogP contribution in [-0.4, -0.2) is 35.7 Å². The van der Waals surface area contributed by atoms with Crippen LogP contribution >= 0.6 is 0 Å². The Labute approximate surface area is 281 Å². The number of benzene rings is 3. The van der Waals surface area contributed by atoms with Crippen molar-refractivity contribution in [1.82, 2.24) is 0 Å². The normalized spacial score (nSPS) is 10.5. The van der Waals surface area contributed by atoms with E-state index in [1.54, 1.807) is 20.8 Å². The number of esters is 3. The van der Waals surface area contributed by atoms with E-state index in [4.69, 9.17) is 22.0 Å². The SMILES string of the molecule is C=C(C)C(=O)OCCOc1ccc(-c2cc(OC(=O)C(=C)C)cc(-c3ccc(O[I-]COC(=O)C(=C)C)c(CC)c3)c2)cc1CC. The van der Waals surface area contributed by atoms with Crippen molar-refractivity contribution in [3.8, 4) is 39.5 Å². The molecule has 0 unspecified atom stereocenters. The molecule has 9 heteroatoms. The van der Waals surface area contributed by atoms with Gasteiger partial charge in [-0.3, -0.25) is 0 Å². The molecule has 0 N–H and O–H groups in total. The fourth-order valence-corrected chi connectivity index (χ4v) is 5.46. The second-order valence-electron chi connectivity index (χ2n) is 10.5. The van der Waals surface area contributed by atoms with Gasteiger partial charge in [0.25, 0.3) is 0 Å². The van der Waals surface area contributed by atoms with E-state index in [9.17, 15) is 14.4 Å². The van der Waals surface area contributed by atoms with Crippen LogP contribution in [0.1, 0.15) is 45.7 Å². The average Bonchev–Trinajstić information content (AvgIpc) is 3.04. The van der Waals surface area contributed by atoms with Gasteiger partial charge < -0.3 is 9.47 Å². The molecule has 0 aliphatic carbocycles. The Kier molecular flexibility index (Phi) is 13.6. The standard InChI is InChI=1S/C37H40IO8/c1-9-26-17-28(11-13-33(26)42-15-16-43-35(39)23(3)4)30-19-31(21-32(20-30)45-37(41)25(7)8)29-12-14-34(27(10-2)18-29)46-38-22-44-36(40)24(5)6/h11-14,17-21H,3,5,7,9-10,15-16,22H2,1-2,4,6,8H3/q-1. The molecule has 0 aliphatic rings. The predicted octanol–water partition coefficient (Wildman–Crippen LogP) is 4.58. The van der Waals surface area contributed by atoms with Crippen LogP contribution in [0.5, 0.6) is 17.2 Å². The zero-order valence-corrected chi connectivity index (χ0v) is 29.2. The van der Waals surface area contributed by atoms with Crippen LogP contribution in [0.15, 0.2) is 91.1 Å². The van der Waals surface area contributed by atoms with Gasteiger partial charge in [-0.15, -0.1) is 0 Å². The molecular formula is C37H40IO8-. The van der Waals surface area contributed by atoms with Crippen molar-refractivity contribution in [3.63, 3.8) is 0 Å². The quantitative estimate of drug-likeness (QED) is 0.0527. The molecule has 0 fully saturated rings. The minimum atomic E-state index is -0.864. The van der Waals surface area contributed by atoms with E-state index in [0.29, 0.717) is 34.6 Å². The van der Waals surface area contributed by atoms with Gasteiger partial charge in [0.05, 0.1) is 0 Å². The van der Waals surface area contributed by atoms with Crippen LogP contribution in [0.4, 0.5) is 0 Å². The van der Waals surface area contributed by atoms with Crippen molar-refractivity contribution in [3.05, 3.63) is 102 Å². The van der Waals surface area contributed by atoms with Gasteiger partial charge in [-0.25, -0.2) is 4.79 Å². The summed E-state index contributed by atoms with van der Waals surface area (Å²) in [4.78, 5) is 35.8. The molecule has 0 amide bonds. The first kappa shape index (κ1) is 36.1. The zero-order chi connectivity index (χ0) is 33.8. The molecule has 0 aliphatic heterocycles. The summed E-state index contributed by atoms with van der Waals surface area (Å²) in [5.41, 5.74) is 6.50. The molecule has 3 rings (SSSR count). The summed E-state index contributed by atoms with van der Waals surface area (Å²) < 4.78 is 28.2. The van der Waals surface area contributed by atoms with Gasteiger partial charge in [-0.2, -0.15) is 0 Å². The van der Waals surface area contributed by atoms with E-state index < -0.39 is 39.5 Å². The number of hydrogen-bond donors (Lipinski definition) is 0. The zero-order valence-electron chi connectivity index (χ0n) is 27.0. The number of alkyl halides is 1. The summed E-state index contributed by atoms with van der Waals surface area (Å²) in [6, 6.07) is 17.5. The summed E-state index contributed by atoms with van der Waals surface area (Å²) in [6.45, 7) is 20.1. The molecule has 3 aromatic rings. The second kappa shape index (κ2) is 17.4. The monoisotopic (exact) mass is 739 g/mol. The predicted molar refractivity (Wildman–Crippen MR) is 174 cm³/mol. The van der Waals surface area contributed by atoms with E-state index in [0.717, 1.165) is 45.6 Å². The van der Waals surface area contributed by atoms with Gasteiger partial charge in [-0.1, -0.05) is 13.5 Å².